The van der Waals surface area contributed by atoms with Crippen molar-refractivity contribution in [3.63, 3.8) is 0 Å². The minimum absolute atomic E-state index is 0.107. The summed E-state index contributed by atoms with van der Waals surface area (Å²) in [5, 5.41) is 15.5. The van der Waals surface area contributed by atoms with Crippen LogP contribution < -0.4 is 9.47 Å². The van der Waals surface area contributed by atoms with Gasteiger partial charge in [0.05, 0.1) is 19.2 Å². The summed E-state index contributed by atoms with van der Waals surface area (Å²) >= 11 is 0. The summed E-state index contributed by atoms with van der Waals surface area (Å²) < 4.78 is 12.7. The van der Waals surface area contributed by atoms with Crippen LogP contribution in [0.2, 0.25) is 0 Å². The molecule has 0 aliphatic carbocycles. The summed E-state index contributed by atoms with van der Waals surface area (Å²) in [6.45, 7) is 4.50. The van der Waals surface area contributed by atoms with Crippen LogP contribution in [0.5, 0.6) is 17.2 Å². The highest BCUT2D eigenvalue weighted by atomic mass is 16.5. The lowest BCUT2D eigenvalue weighted by molar-refractivity contribution is 0.338. The Morgan fingerprint density at radius 2 is 1.95 bits per heavy atom. The van der Waals surface area contributed by atoms with E-state index in [2.05, 4.69) is 5.10 Å². The second-order valence-corrected chi connectivity index (χ2v) is 4.94. The van der Waals surface area contributed by atoms with Gasteiger partial charge in [-0.15, -0.1) is 0 Å². The average Bonchev–Trinajstić information content (AvgIpc) is 2.84. The van der Waals surface area contributed by atoms with E-state index in [9.17, 15) is 5.11 Å². The van der Waals surface area contributed by atoms with Crippen LogP contribution in [-0.4, -0.2) is 28.6 Å². The first kappa shape index (κ1) is 14.3. The van der Waals surface area contributed by atoms with Crippen LogP contribution in [0.4, 0.5) is 0 Å². The topological polar surface area (TPSA) is 56.5 Å². The zero-order valence-electron chi connectivity index (χ0n) is 12.8. The van der Waals surface area contributed by atoms with E-state index in [-0.39, 0.29) is 5.75 Å². The second kappa shape index (κ2) is 5.60. The van der Waals surface area contributed by atoms with Gasteiger partial charge in [0.1, 0.15) is 11.4 Å². The number of hydrogen-bond acceptors (Lipinski definition) is 4. The summed E-state index contributed by atoms with van der Waals surface area (Å²) in [5.74, 6) is 1.29. The summed E-state index contributed by atoms with van der Waals surface area (Å²) in [4.78, 5) is 0. The van der Waals surface area contributed by atoms with Crippen LogP contribution in [0, 0.1) is 6.92 Å². The number of nitrogens with zero attached hydrogens (tertiary/aromatic N) is 2. The van der Waals surface area contributed by atoms with E-state index in [1.165, 1.54) is 7.11 Å². The second-order valence-electron chi connectivity index (χ2n) is 4.94. The minimum Gasteiger partial charge on any atom is -0.504 e. The van der Waals surface area contributed by atoms with Crippen molar-refractivity contribution in [2.75, 3.05) is 13.7 Å². The van der Waals surface area contributed by atoms with E-state index in [0.717, 1.165) is 28.0 Å². The summed E-state index contributed by atoms with van der Waals surface area (Å²) in [6.07, 6.45) is 0. The highest BCUT2D eigenvalue weighted by Gasteiger charge is 2.15. The Kier molecular flexibility index (Phi) is 3.63. The Bertz CT molecular complexity index is 824. The molecule has 22 heavy (non-hydrogen) atoms. The van der Waals surface area contributed by atoms with Crippen LogP contribution >= 0.6 is 0 Å². The van der Waals surface area contributed by atoms with Crippen molar-refractivity contribution in [2.24, 2.45) is 0 Å². The van der Waals surface area contributed by atoms with Gasteiger partial charge >= 0.3 is 0 Å². The normalized spacial score (nSPS) is 10.9. The van der Waals surface area contributed by atoms with Gasteiger partial charge in [0, 0.05) is 17.1 Å². The number of aryl methyl sites for hydroxylation is 1. The van der Waals surface area contributed by atoms with Gasteiger partial charge in [0.25, 0.3) is 0 Å². The number of benzene rings is 2. The number of fused-ring (bicyclic) bond motifs is 1. The molecule has 1 aromatic heterocycles. The lowest BCUT2D eigenvalue weighted by Crippen LogP contribution is -2.03. The largest absolute Gasteiger partial charge is 0.504 e. The molecule has 0 fully saturated rings. The SMILES string of the molecule is CCOc1ccccc1-n1nc2cc(OC)c(O)cc2c1C. The molecule has 5 heteroatoms. The van der Waals surface area contributed by atoms with Gasteiger partial charge < -0.3 is 14.6 Å². The third-order valence-electron chi connectivity index (χ3n) is 3.61. The molecule has 0 radical (unpaired) electrons. The Hall–Kier alpha value is -2.69. The predicted molar refractivity (Wildman–Crippen MR) is 85.2 cm³/mol. The molecule has 0 spiro atoms. The highest BCUT2D eigenvalue weighted by Crippen LogP contribution is 2.34. The maximum absolute atomic E-state index is 9.96. The zero-order chi connectivity index (χ0) is 15.7. The van der Waals surface area contributed by atoms with Crippen molar-refractivity contribution >= 4 is 10.9 Å². The molecule has 2 aromatic carbocycles. The summed E-state index contributed by atoms with van der Waals surface area (Å²) in [6, 6.07) is 11.2. The predicted octanol–water partition coefficient (Wildman–Crippen LogP) is 3.45. The first-order valence-corrected chi connectivity index (χ1v) is 7.14. The quantitative estimate of drug-likeness (QED) is 0.801. The van der Waals surface area contributed by atoms with Gasteiger partial charge in [0.2, 0.25) is 0 Å². The molecule has 114 valence electrons. The number of para-hydroxylation sites is 2. The molecule has 3 aromatic rings. The lowest BCUT2D eigenvalue weighted by atomic mass is 10.2. The van der Waals surface area contributed by atoms with Crippen molar-refractivity contribution in [1.82, 2.24) is 9.78 Å². The van der Waals surface area contributed by atoms with Crippen LogP contribution in [0.1, 0.15) is 12.6 Å². The first-order chi connectivity index (χ1) is 10.7. The fraction of sp³-hybridized carbons (Fsp3) is 0.235. The highest BCUT2D eigenvalue weighted by molar-refractivity contribution is 5.85. The lowest BCUT2D eigenvalue weighted by Gasteiger charge is -2.11. The zero-order valence-corrected chi connectivity index (χ0v) is 12.8. The molecular weight excluding hydrogens is 280 g/mol. The van der Waals surface area contributed by atoms with E-state index in [0.29, 0.717) is 12.4 Å². The van der Waals surface area contributed by atoms with E-state index in [1.807, 2.05) is 42.8 Å². The van der Waals surface area contributed by atoms with E-state index in [1.54, 1.807) is 12.1 Å². The summed E-state index contributed by atoms with van der Waals surface area (Å²) in [7, 11) is 1.52. The van der Waals surface area contributed by atoms with Gasteiger partial charge in [-0.1, -0.05) is 12.1 Å². The van der Waals surface area contributed by atoms with Crippen molar-refractivity contribution < 1.29 is 14.6 Å². The fourth-order valence-electron chi connectivity index (χ4n) is 2.53. The number of aromatic nitrogens is 2. The molecule has 0 amide bonds. The molecule has 0 saturated carbocycles. The molecule has 1 heterocycles. The van der Waals surface area contributed by atoms with Crippen molar-refractivity contribution in [1.29, 1.82) is 0 Å². The summed E-state index contributed by atoms with van der Waals surface area (Å²) in [5.41, 5.74) is 2.56. The number of ether oxygens (including phenoxy) is 2. The molecule has 0 atom stereocenters. The van der Waals surface area contributed by atoms with Gasteiger partial charge in [0.15, 0.2) is 11.5 Å². The van der Waals surface area contributed by atoms with Gasteiger partial charge in [-0.25, -0.2) is 4.68 Å². The molecule has 0 saturated heterocycles. The van der Waals surface area contributed by atoms with Crippen LogP contribution in [0.3, 0.4) is 0 Å². The Labute approximate surface area is 128 Å². The molecule has 0 aliphatic rings. The third-order valence-corrected chi connectivity index (χ3v) is 3.61. The molecule has 1 N–H and O–H groups in total. The molecule has 3 rings (SSSR count). The van der Waals surface area contributed by atoms with Crippen molar-refractivity contribution in [3.8, 4) is 22.9 Å². The molecular formula is C17H18N2O3. The van der Waals surface area contributed by atoms with Gasteiger partial charge in [-0.2, -0.15) is 5.10 Å². The standard InChI is InChI=1S/C17H18N2O3/c1-4-22-16-8-6-5-7-14(16)19-11(2)12-9-15(20)17(21-3)10-13(12)18-19/h5-10,20H,4H2,1-3H3. The van der Waals surface area contributed by atoms with Crippen LogP contribution in [0.15, 0.2) is 36.4 Å². The number of rotatable bonds is 4. The molecule has 0 unspecified atom stereocenters. The third kappa shape index (κ3) is 2.24. The van der Waals surface area contributed by atoms with E-state index < -0.39 is 0 Å². The number of methoxy groups -OCH3 is 1. The van der Waals surface area contributed by atoms with Crippen molar-refractivity contribution in [2.45, 2.75) is 13.8 Å². The molecule has 0 bridgehead atoms. The van der Waals surface area contributed by atoms with Crippen molar-refractivity contribution in [3.05, 3.63) is 42.1 Å². The maximum atomic E-state index is 9.96. The first-order valence-electron chi connectivity index (χ1n) is 7.14. The van der Waals surface area contributed by atoms with E-state index >= 15 is 0 Å². The monoisotopic (exact) mass is 298 g/mol. The smallest absolute Gasteiger partial charge is 0.162 e. The number of phenols is 1. The number of phenolic OH excluding ortho intramolecular Hbond substituents is 1. The molecule has 0 aliphatic heterocycles. The maximum Gasteiger partial charge on any atom is 0.162 e. The Morgan fingerprint density at radius 1 is 1.18 bits per heavy atom. The van der Waals surface area contributed by atoms with Gasteiger partial charge in [-0.05, 0) is 32.0 Å². The van der Waals surface area contributed by atoms with Gasteiger partial charge in [-0.3, -0.25) is 0 Å². The average molecular weight is 298 g/mol. The number of aromatic hydroxyl groups is 1. The number of hydrogen-bond donors (Lipinski definition) is 1. The molecule has 5 nitrogen and oxygen atoms in total. The van der Waals surface area contributed by atoms with Crippen LogP contribution in [-0.2, 0) is 0 Å². The fourth-order valence-corrected chi connectivity index (χ4v) is 2.53. The van der Waals surface area contributed by atoms with E-state index in [4.69, 9.17) is 9.47 Å². The van der Waals surface area contributed by atoms with Crippen LogP contribution in [0.25, 0.3) is 16.6 Å². The minimum atomic E-state index is 0.107. The Morgan fingerprint density at radius 3 is 2.68 bits per heavy atom. The Balaban J connectivity index is 2.22.